The molecule has 0 atom stereocenters. The Hall–Kier alpha value is -3.74. The van der Waals surface area contributed by atoms with Gasteiger partial charge in [0.2, 0.25) is 0 Å². The molecule has 27 heavy (non-hydrogen) atoms. The van der Waals surface area contributed by atoms with Gasteiger partial charge in [0.15, 0.2) is 0 Å². The highest BCUT2D eigenvalue weighted by molar-refractivity contribution is 6.04. The van der Waals surface area contributed by atoms with Gasteiger partial charge in [-0.3, -0.25) is 4.79 Å². The monoisotopic (exact) mass is 365 g/mol. The Balaban J connectivity index is 1.62. The van der Waals surface area contributed by atoms with E-state index in [4.69, 9.17) is 0 Å². The van der Waals surface area contributed by atoms with Crippen LogP contribution in [0.1, 0.15) is 20.7 Å². The standard InChI is InChI=1S/C20H16FN3O3/c1-27-20(26)14-4-8-16(9-5-14)23-18-11-10-17(12-22-18)24-19(25)13-2-6-15(21)7-3-13/h2-12H,1H3,(H,22,23)(H,24,25). The number of nitrogens with zero attached hydrogens (tertiary/aromatic N) is 1. The summed E-state index contributed by atoms with van der Waals surface area (Å²) in [5.41, 5.74) is 2.06. The summed E-state index contributed by atoms with van der Waals surface area (Å²) in [7, 11) is 1.33. The van der Waals surface area contributed by atoms with Crippen LogP contribution in [-0.2, 0) is 4.74 Å². The number of nitrogens with one attached hydrogen (secondary N) is 2. The van der Waals surface area contributed by atoms with E-state index < -0.39 is 11.8 Å². The van der Waals surface area contributed by atoms with Crippen molar-refractivity contribution in [3.63, 3.8) is 0 Å². The summed E-state index contributed by atoms with van der Waals surface area (Å²) in [5.74, 6) is -0.583. The van der Waals surface area contributed by atoms with Crippen LogP contribution in [0.25, 0.3) is 0 Å². The first kappa shape index (κ1) is 18.1. The van der Waals surface area contributed by atoms with Crippen LogP contribution >= 0.6 is 0 Å². The smallest absolute Gasteiger partial charge is 0.337 e. The van der Waals surface area contributed by atoms with Gasteiger partial charge in [-0.25, -0.2) is 14.2 Å². The molecular formula is C20H16FN3O3. The third-order valence-electron chi connectivity index (χ3n) is 3.71. The van der Waals surface area contributed by atoms with E-state index in [0.717, 1.165) is 5.69 Å². The molecule has 1 heterocycles. The molecule has 3 rings (SSSR count). The number of carbonyl (C=O) groups excluding carboxylic acids is 2. The minimum absolute atomic E-state index is 0.351. The lowest BCUT2D eigenvalue weighted by Crippen LogP contribution is -2.12. The second-order valence-corrected chi connectivity index (χ2v) is 5.59. The maximum atomic E-state index is 12.9. The highest BCUT2D eigenvalue weighted by Gasteiger charge is 2.07. The molecule has 1 amide bonds. The number of aromatic nitrogens is 1. The molecule has 0 unspecified atom stereocenters. The van der Waals surface area contributed by atoms with Crippen LogP contribution < -0.4 is 10.6 Å². The number of ether oxygens (including phenoxy) is 1. The molecule has 2 N–H and O–H groups in total. The van der Waals surface area contributed by atoms with Crippen molar-refractivity contribution in [1.82, 2.24) is 4.98 Å². The molecular weight excluding hydrogens is 349 g/mol. The molecule has 0 radical (unpaired) electrons. The van der Waals surface area contributed by atoms with E-state index in [9.17, 15) is 14.0 Å². The number of benzene rings is 2. The van der Waals surface area contributed by atoms with Crippen LogP contribution in [0.2, 0.25) is 0 Å². The molecule has 0 spiro atoms. The van der Waals surface area contributed by atoms with Gasteiger partial charge in [0.25, 0.3) is 5.91 Å². The van der Waals surface area contributed by atoms with Gasteiger partial charge in [0.05, 0.1) is 24.6 Å². The van der Waals surface area contributed by atoms with E-state index in [1.807, 2.05) is 0 Å². The molecule has 0 aliphatic heterocycles. The number of hydrogen-bond acceptors (Lipinski definition) is 5. The maximum Gasteiger partial charge on any atom is 0.337 e. The summed E-state index contributed by atoms with van der Waals surface area (Å²) < 4.78 is 17.6. The molecule has 0 fully saturated rings. The lowest BCUT2D eigenvalue weighted by Gasteiger charge is -2.08. The Labute approximate surface area is 155 Å². The molecule has 2 aromatic carbocycles. The molecule has 6 nitrogen and oxygen atoms in total. The number of pyridine rings is 1. The number of rotatable bonds is 5. The molecule has 0 saturated carbocycles. The van der Waals surface area contributed by atoms with E-state index >= 15 is 0 Å². The summed E-state index contributed by atoms with van der Waals surface area (Å²) in [6.07, 6.45) is 1.51. The molecule has 3 aromatic rings. The topological polar surface area (TPSA) is 80.3 Å². The van der Waals surface area contributed by atoms with Crippen LogP contribution in [-0.4, -0.2) is 24.0 Å². The number of hydrogen-bond donors (Lipinski definition) is 2. The highest BCUT2D eigenvalue weighted by Crippen LogP contribution is 2.18. The van der Waals surface area contributed by atoms with Gasteiger partial charge in [-0.1, -0.05) is 0 Å². The van der Waals surface area contributed by atoms with E-state index in [1.54, 1.807) is 36.4 Å². The largest absolute Gasteiger partial charge is 0.465 e. The van der Waals surface area contributed by atoms with Crippen molar-refractivity contribution in [2.75, 3.05) is 17.7 Å². The van der Waals surface area contributed by atoms with Crippen LogP contribution in [0.4, 0.5) is 21.6 Å². The first-order valence-electron chi connectivity index (χ1n) is 8.03. The lowest BCUT2D eigenvalue weighted by molar-refractivity contribution is 0.0600. The van der Waals surface area contributed by atoms with Crippen molar-refractivity contribution in [2.24, 2.45) is 0 Å². The van der Waals surface area contributed by atoms with Crippen molar-refractivity contribution in [3.8, 4) is 0 Å². The van der Waals surface area contributed by atoms with Crippen LogP contribution in [0.5, 0.6) is 0 Å². The number of amides is 1. The number of carbonyl (C=O) groups is 2. The van der Waals surface area contributed by atoms with Gasteiger partial charge >= 0.3 is 5.97 Å². The van der Waals surface area contributed by atoms with Gasteiger partial charge in [-0.15, -0.1) is 0 Å². The minimum Gasteiger partial charge on any atom is -0.465 e. The number of anilines is 3. The molecule has 1 aromatic heterocycles. The summed E-state index contributed by atoms with van der Waals surface area (Å²) in [6, 6.07) is 15.4. The zero-order valence-electron chi connectivity index (χ0n) is 14.4. The quantitative estimate of drug-likeness (QED) is 0.668. The molecule has 0 bridgehead atoms. The SMILES string of the molecule is COC(=O)c1ccc(Nc2ccc(NC(=O)c3ccc(F)cc3)cn2)cc1. The van der Waals surface area contributed by atoms with Crippen LogP contribution in [0, 0.1) is 5.82 Å². The van der Waals surface area contributed by atoms with Crippen molar-refractivity contribution in [1.29, 1.82) is 0 Å². The van der Waals surface area contributed by atoms with Crippen molar-refractivity contribution < 1.29 is 18.7 Å². The Kier molecular flexibility index (Phi) is 5.41. The van der Waals surface area contributed by atoms with E-state index in [-0.39, 0.29) is 5.91 Å². The molecule has 136 valence electrons. The van der Waals surface area contributed by atoms with E-state index in [0.29, 0.717) is 22.6 Å². The Morgan fingerprint density at radius 1 is 0.889 bits per heavy atom. The Bertz CT molecular complexity index is 940. The maximum absolute atomic E-state index is 12.9. The van der Waals surface area contributed by atoms with Gasteiger partial charge in [0, 0.05) is 11.3 Å². The fourth-order valence-corrected chi connectivity index (χ4v) is 2.30. The van der Waals surface area contributed by atoms with E-state index in [2.05, 4.69) is 20.4 Å². The second-order valence-electron chi connectivity index (χ2n) is 5.59. The minimum atomic E-state index is -0.402. The Morgan fingerprint density at radius 3 is 2.11 bits per heavy atom. The predicted molar refractivity (Wildman–Crippen MR) is 99.7 cm³/mol. The first-order chi connectivity index (χ1) is 13.0. The number of halogens is 1. The fourth-order valence-electron chi connectivity index (χ4n) is 2.30. The number of esters is 1. The fraction of sp³-hybridized carbons (Fsp3) is 0.0500. The van der Waals surface area contributed by atoms with Crippen molar-refractivity contribution >= 4 is 29.1 Å². The molecule has 0 aliphatic carbocycles. The highest BCUT2D eigenvalue weighted by atomic mass is 19.1. The summed E-state index contributed by atoms with van der Waals surface area (Å²) in [4.78, 5) is 27.7. The molecule has 0 saturated heterocycles. The van der Waals surface area contributed by atoms with Crippen LogP contribution in [0.15, 0.2) is 66.9 Å². The lowest BCUT2D eigenvalue weighted by atomic mass is 10.2. The van der Waals surface area contributed by atoms with Gasteiger partial charge in [0.1, 0.15) is 11.6 Å². The summed E-state index contributed by atoms with van der Waals surface area (Å²) in [5, 5.41) is 5.78. The third-order valence-corrected chi connectivity index (χ3v) is 3.71. The van der Waals surface area contributed by atoms with Crippen LogP contribution in [0.3, 0.4) is 0 Å². The zero-order valence-corrected chi connectivity index (χ0v) is 14.4. The van der Waals surface area contributed by atoms with Gasteiger partial charge in [-0.05, 0) is 60.7 Å². The van der Waals surface area contributed by atoms with Gasteiger partial charge < -0.3 is 15.4 Å². The van der Waals surface area contributed by atoms with Crippen molar-refractivity contribution in [2.45, 2.75) is 0 Å². The first-order valence-corrected chi connectivity index (χ1v) is 8.03. The zero-order chi connectivity index (χ0) is 19.2. The number of methoxy groups -OCH3 is 1. The predicted octanol–water partition coefficient (Wildman–Crippen LogP) is 4.00. The second kappa shape index (κ2) is 8.09. The van der Waals surface area contributed by atoms with Gasteiger partial charge in [-0.2, -0.15) is 0 Å². The summed E-state index contributed by atoms with van der Waals surface area (Å²) >= 11 is 0. The molecule has 7 heteroatoms. The molecule has 0 aliphatic rings. The summed E-state index contributed by atoms with van der Waals surface area (Å²) in [6.45, 7) is 0. The average molecular weight is 365 g/mol. The third kappa shape index (κ3) is 4.66. The van der Waals surface area contributed by atoms with Crippen molar-refractivity contribution in [3.05, 3.63) is 83.8 Å². The Morgan fingerprint density at radius 2 is 1.52 bits per heavy atom. The average Bonchev–Trinajstić information content (AvgIpc) is 2.70. The normalized spacial score (nSPS) is 10.1. The van der Waals surface area contributed by atoms with E-state index in [1.165, 1.54) is 37.6 Å².